The molecule has 0 atom stereocenters. The number of thiocarbonyl (C=S) groups is 1. The van der Waals surface area contributed by atoms with Gasteiger partial charge in [0.25, 0.3) is 0 Å². The van der Waals surface area contributed by atoms with Crippen LogP contribution in [0.2, 0.25) is 15.1 Å². The van der Waals surface area contributed by atoms with Crippen molar-refractivity contribution < 1.29 is 0 Å². The van der Waals surface area contributed by atoms with Crippen LogP contribution in [0.5, 0.6) is 0 Å². The minimum Gasteiger partial charge on any atom is -0.362 e. The Labute approximate surface area is 174 Å². The average molecular weight is 429 g/mol. The summed E-state index contributed by atoms with van der Waals surface area (Å²) in [7, 11) is 0. The first-order valence-electron chi connectivity index (χ1n) is 8.53. The first kappa shape index (κ1) is 19.7. The molecule has 0 bridgehead atoms. The van der Waals surface area contributed by atoms with Gasteiger partial charge in [-0.1, -0.05) is 59.8 Å². The van der Waals surface area contributed by atoms with Gasteiger partial charge in [-0.3, -0.25) is 0 Å². The summed E-state index contributed by atoms with van der Waals surface area (Å²) < 4.78 is 0. The lowest BCUT2D eigenvalue weighted by Gasteiger charge is -2.30. The second kappa shape index (κ2) is 8.30. The van der Waals surface area contributed by atoms with Crippen LogP contribution in [0.25, 0.3) is 0 Å². The standard InChI is InChI=1S/C19H20Cl3N3S/c1-12-15(21)10-23-17(16(12)22)25-18(26)24-11-19(7-2-3-8-19)13-5-4-6-14(20)9-13/h4-6,9-10H,2-3,7-8,11H2,1H3,(H2,23,24,25,26). The second-order valence-electron chi connectivity index (χ2n) is 6.70. The van der Waals surface area contributed by atoms with Crippen LogP contribution < -0.4 is 10.6 Å². The largest absolute Gasteiger partial charge is 0.362 e. The molecule has 138 valence electrons. The number of anilines is 1. The molecular formula is C19H20Cl3N3S. The maximum absolute atomic E-state index is 6.30. The number of rotatable bonds is 4. The van der Waals surface area contributed by atoms with E-state index >= 15 is 0 Å². The van der Waals surface area contributed by atoms with Crippen molar-refractivity contribution in [3.8, 4) is 0 Å². The summed E-state index contributed by atoms with van der Waals surface area (Å²) >= 11 is 24.0. The fourth-order valence-electron chi connectivity index (χ4n) is 3.48. The molecule has 1 aromatic heterocycles. The number of pyridine rings is 1. The van der Waals surface area contributed by atoms with Crippen LogP contribution in [0.15, 0.2) is 30.5 Å². The van der Waals surface area contributed by atoms with Gasteiger partial charge in [-0.25, -0.2) is 4.98 Å². The fourth-order valence-corrected chi connectivity index (χ4v) is 4.23. The number of nitrogens with zero attached hydrogens (tertiary/aromatic N) is 1. The Morgan fingerprint density at radius 1 is 1.23 bits per heavy atom. The molecule has 0 amide bonds. The van der Waals surface area contributed by atoms with Crippen molar-refractivity contribution >= 4 is 58.0 Å². The molecule has 0 radical (unpaired) electrons. The van der Waals surface area contributed by atoms with Crippen LogP contribution in [-0.4, -0.2) is 16.6 Å². The maximum atomic E-state index is 6.30. The van der Waals surface area contributed by atoms with Crippen LogP contribution in [0, 0.1) is 6.92 Å². The average Bonchev–Trinajstić information content (AvgIpc) is 3.11. The second-order valence-corrected chi connectivity index (χ2v) is 8.33. The Morgan fingerprint density at radius 2 is 1.96 bits per heavy atom. The van der Waals surface area contributed by atoms with E-state index in [1.165, 1.54) is 18.4 Å². The molecular weight excluding hydrogens is 409 g/mol. The highest BCUT2D eigenvalue weighted by atomic mass is 35.5. The Kier molecular flexibility index (Phi) is 6.29. The zero-order valence-corrected chi connectivity index (χ0v) is 17.5. The molecule has 0 spiro atoms. The molecule has 3 rings (SSSR count). The normalized spacial score (nSPS) is 15.7. The maximum Gasteiger partial charge on any atom is 0.172 e. The number of benzene rings is 1. The minimum absolute atomic E-state index is 0.0454. The molecule has 2 aromatic rings. The summed E-state index contributed by atoms with van der Waals surface area (Å²) in [6, 6.07) is 8.13. The number of hydrogen-bond donors (Lipinski definition) is 2. The van der Waals surface area contributed by atoms with E-state index in [-0.39, 0.29) is 5.41 Å². The van der Waals surface area contributed by atoms with Gasteiger partial charge in [-0.15, -0.1) is 0 Å². The molecule has 3 nitrogen and oxygen atoms in total. The van der Waals surface area contributed by atoms with Crippen LogP contribution in [0.3, 0.4) is 0 Å². The van der Waals surface area contributed by atoms with E-state index in [9.17, 15) is 0 Å². The van der Waals surface area contributed by atoms with Crippen molar-refractivity contribution in [3.63, 3.8) is 0 Å². The minimum atomic E-state index is 0.0454. The highest BCUT2D eigenvalue weighted by Gasteiger charge is 2.35. The topological polar surface area (TPSA) is 37.0 Å². The predicted octanol–water partition coefficient (Wildman–Crippen LogP) is 6.15. The van der Waals surface area contributed by atoms with E-state index in [0.717, 1.165) is 30.0 Å². The first-order chi connectivity index (χ1) is 12.4. The SMILES string of the molecule is Cc1c(Cl)cnc(NC(=S)NCC2(c3cccc(Cl)c3)CCCC2)c1Cl. The fraction of sp³-hybridized carbons (Fsp3) is 0.368. The van der Waals surface area contributed by atoms with Gasteiger partial charge in [0, 0.05) is 23.2 Å². The van der Waals surface area contributed by atoms with Gasteiger partial charge >= 0.3 is 0 Å². The van der Waals surface area contributed by atoms with E-state index in [4.69, 9.17) is 47.0 Å². The van der Waals surface area contributed by atoms with E-state index < -0.39 is 0 Å². The van der Waals surface area contributed by atoms with E-state index in [0.29, 0.717) is 21.0 Å². The molecule has 1 fully saturated rings. The van der Waals surface area contributed by atoms with Gasteiger partial charge in [0.1, 0.15) is 0 Å². The summed E-state index contributed by atoms with van der Waals surface area (Å²) in [5, 5.41) is 8.69. The van der Waals surface area contributed by atoms with Crippen LogP contribution in [0.4, 0.5) is 5.82 Å². The van der Waals surface area contributed by atoms with E-state index in [2.05, 4.69) is 27.8 Å². The monoisotopic (exact) mass is 427 g/mol. The van der Waals surface area contributed by atoms with Gasteiger partial charge in [0.05, 0.1) is 10.0 Å². The quantitative estimate of drug-likeness (QED) is 0.573. The zero-order valence-electron chi connectivity index (χ0n) is 14.4. The predicted molar refractivity (Wildman–Crippen MR) is 115 cm³/mol. The van der Waals surface area contributed by atoms with Crippen molar-refractivity contribution in [1.82, 2.24) is 10.3 Å². The Bertz CT molecular complexity index is 820. The number of aromatic nitrogens is 1. The van der Waals surface area contributed by atoms with E-state index in [1.807, 2.05) is 19.1 Å². The van der Waals surface area contributed by atoms with Crippen LogP contribution >= 0.6 is 47.0 Å². The highest BCUT2D eigenvalue weighted by Crippen LogP contribution is 2.41. The zero-order chi connectivity index (χ0) is 18.7. The third-order valence-electron chi connectivity index (χ3n) is 5.02. The number of nitrogens with one attached hydrogen (secondary N) is 2. The molecule has 1 heterocycles. The Hall–Kier alpha value is -1.07. The van der Waals surface area contributed by atoms with Gasteiger partial charge < -0.3 is 10.6 Å². The van der Waals surface area contributed by atoms with Crippen molar-refractivity contribution in [3.05, 3.63) is 56.7 Å². The molecule has 2 N–H and O–H groups in total. The molecule has 1 aliphatic carbocycles. The lowest BCUT2D eigenvalue weighted by molar-refractivity contribution is 0.435. The molecule has 1 aliphatic rings. The van der Waals surface area contributed by atoms with Crippen LogP contribution in [-0.2, 0) is 5.41 Å². The lowest BCUT2D eigenvalue weighted by Crippen LogP contribution is -2.41. The molecule has 1 saturated carbocycles. The molecule has 0 aliphatic heterocycles. The highest BCUT2D eigenvalue weighted by molar-refractivity contribution is 7.80. The molecule has 7 heteroatoms. The van der Waals surface area contributed by atoms with Gasteiger partial charge in [-0.05, 0) is 55.2 Å². The van der Waals surface area contributed by atoms with Gasteiger partial charge in [0.2, 0.25) is 0 Å². The van der Waals surface area contributed by atoms with Crippen LogP contribution in [0.1, 0.15) is 36.8 Å². The third kappa shape index (κ3) is 4.25. The van der Waals surface area contributed by atoms with Crippen molar-refractivity contribution in [2.75, 3.05) is 11.9 Å². The Morgan fingerprint density at radius 3 is 2.65 bits per heavy atom. The first-order valence-corrected chi connectivity index (χ1v) is 10.1. The molecule has 1 aromatic carbocycles. The molecule has 0 saturated heterocycles. The van der Waals surface area contributed by atoms with E-state index in [1.54, 1.807) is 6.20 Å². The smallest absolute Gasteiger partial charge is 0.172 e. The molecule has 0 unspecified atom stereocenters. The summed E-state index contributed by atoms with van der Waals surface area (Å²) in [5.74, 6) is 0.509. The summed E-state index contributed by atoms with van der Waals surface area (Å²) in [4.78, 5) is 4.23. The van der Waals surface area contributed by atoms with Gasteiger partial charge in [-0.2, -0.15) is 0 Å². The lowest BCUT2D eigenvalue weighted by atomic mass is 9.79. The summed E-state index contributed by atoms with van der Waals surface area (Å²) in [6.45, 7) is 2.59. The number of hydrogen-bond acceptors (Lipinski definition) is 2. The van der Waals surface area contributed by atoms with Crippen molar-refractivity contribution in [1.29, 1.82) is 0 Å². The van der Waals surface area contributed by atoms with Crippen molar-refractivity contribution in [2.24, 2.45) is 0 Å². The summed E-state index contributed by atoms with van der Waals surface area (Å²) in [6.07, 6.45) is 6.21. The Balaban J connectivity index is 1.70. The summed E-state index contributed by atoms with van der Waals surface area (Å²) in [5.41, 5.74) is 2.08. The van der Waals surface area contributed by atoms with Gasteiger partial charge in [0.15, 0.2) is 10.9 Å². The molecule has 26 heavy (non-hydrogen) atoms. The van der Waals surface area contributed by atoms with Crippen molar-refractivity contribution in [2.45, 2.75) is 38.0 Å². The third-order valence-corrected chi connectivity index (χ3v) is 6.34. The number of halogens is 3.